The second-order valence-electron chi connectivity index (χ2n) is 3.98. The molecule has 0 aromatic carbocycles. The van der Waals surface area contributed by atoms with Crippen molar-refractivity contribution in [3.8, 4) is 0 Å². The van der Waals surface area contributed by atoms with Gasteiger partial charge in [0.25, 0.3) is 10.2 Å². The van der Waals surface area contributed by atoms with Gasteiger partial charge in [0, 0.05) is 25.7 Å². The molecule has 0 aromatic heterocycles. The van der Waals surface area contributed by atoms with E-state index in [1.165, 1.54) is 4.31 Å². The van der Waals surface area contributed by atoms with E-state index < -0.39 is 10.2 Å². The lowest BCUT2D eigenvalue weighted by Gasteiger charge is -2.35. The molecule has 1 heterocycles. The molecule has 0 bridgehead atoms. The molecule has 90 valence electrons. The summed E-state index contributed by atoms with van der Waals surface area (Å²) in [5, 5.41) is 0. The van der Waals surface area contributed by atoms with E-state index in [0.29, 0.717) is 19.6 Å². The first-order valence-corrected chi connectivity index (χ1v) is 6.95. The predicted octanol–water partition coefficient (Wildman–Crippen LogP) is -0.100. The number of nitrogens with two attached hydrogens (primary N) is 1. The van der Waals surface area contributed by atoms with Crippen molar-refractivity contribution in [2.45, 2.75) is 32.7 Å². The van der Waals surface area contributed by atoms with Crippen LogP contribution >= 0.6 is 0 Å². The number of hydrogen-bond acceptors (Lipinski definition) is 3. The van der Waals surface area contributed by atoms with Gasteiger partial charge in [0.2, 0.25) is 0 Å². The lowest BCUT2D eigenvalue weighted by Crippen LogP contribution is -2.52. The third-order valence-electron chi connectivity index (χ3n) is 2.95. The summed E-state index contributed by atoms with van der Waals surface area (Å²) in [4.78, 5) is 0. The number of nitrogens with one attached hydrogen (secondary N) is 1. The van der Waals surface area contributed by atoms with Gasteiger partial charge < -0.3 is 5.73 Å². The Morgan fingerprint density at radius 3 is 2.67 bits per heavy atom. The Bertz CT molecular complexity index is 292. The van der Waals surface area contributed by atoms with Crippen LogP contribution in [0.1, 0.15) is 26.7 Å². The van der Waals surface area contributed by atoms with Crippen LogP contribution in [0, 0.1) is 5.92 Å². The smallest absolute Gasteiger partial charge is 0.279 e. The highest BCUT2D eigenvalue weighted by Gasteiger charge is 2.31. The number of piperidine rings is 1. The Hall–Kier alpha value is -0.170. The Kier molecular flexibility index (Phi) is 4.51. The maximum atomic E-state index is 11.7. The summed E-state index contributed by atoms with van der Waals surface area (Å²) in [6.45, 7) is 5.35. The third kappa shape index (κ3) is 3.14. The van der Waals surface area contributed by atoms with E-state index in [0.717, 1.165) is 12.8 Å². The molecule has 2 atom stereocenters. The van der Waals surface area contributed by atoms with Crippen LogP contribution in [0.15, 0.2) is 0 Å². The van der Waals surface area contributed by atoms with E-state index in [1.807, 2.05) is 6.92 Å². The fourth-order valence-electron chi connectivity index (χ4n) is 1.94. The molecule has 3 N–H and O–H groups in total. The van der Waals surface area contributed by atoms with Crippen molar-refractivity contribution < 1.29 is 8.42 Å². The molecule has 0 amide bonds. The number of nitrogens with zero attached hydrogens (tertiary/aromatic N) is 1. The summed E-state index contributed by atoms with van der Waals surface area (Å²) >= 11 is 0. The molecular formula is C9H21N3O2S. The summed E-state index contributed by atoms with van der Waals surface area (Å²) < 4.78 is 27.5. The quantitative estimate of drug-likeness (QED) is 0.714. The van der Waals surface area contributed by atoms with E-state index in [-0.39, 0.29) is 12.0 Å². The highest BCUT2D eigenvalue weighted by atomic mass is 32.2. The molecule has 0 saturated carbocycles. The van der Waals surface area contributed by atoms with Crippen LogP contribution in [0.3, 0.4) is 0 Å². The molecule has 1 saturated heterocycles. The summed E-state index contributed by atoms with van der Waals surface area (Å²) in [7, 11) is -3.27. The van der Waals surface area contributed by atoms with Crippen molar-refractivity contribution in [3.63, 3.8) is 0 Å². The van der Waals surface area contributed by atoms with Crippen molar-refractivity contribution in [3.05, 3.63) is 0 Å². The molecule has 0 aromatic rings. The first kappa shape index (κ1) is 12.9. The van der Waals surface area contributed by atoms with Crippen molar-refractivity contribution in [2.24, 2.45) is 11.7 Å². The molecule has 2 unspecified atom stereocenters. The van der Waals surface area contributed by atoms with Gasteiger partial charge in [-0.05, 0) is 12.3 Å². The Morgan fingerprint density at radius 2 is 2.13 bits per heavy atom. The molecule has 0 radical (unpaired) electrons. The molecule has 5 nitrogen and oxygen atoms in total. The third-order valence-corrected chi connectivity index (χ3v) is 4.61. The Balaban J connectivity index is 2.66. The van der Waals surface area contributed by atoms with Gasteiger partial charge in [-0.1, -0.05) is 20.3 Å². The molecule has 6 heteroatoms. The van der Waals surface area contributed by atoms with E-state index in [1.54, 1.807) is 6.92 Å². The second-order valence-corrected chi connectivity index (χ2v) is 5.74. The molecular weight excluding hydrogens is 214 g/mol. The Labute approximate surface area is 92.2 Å². The Morgan fingerprint density at radius 1 is 1.47 bits per heavy atom. The van der Waals surface area contributed by atoms with Gasteiger partial charge in [0.1, 0.15) is 0 Å². The first-order valence-electron chi connectivity index (χ1n) is 5.51. The van der Waals surface area contributed by atoms with Gasteiger partial charge in [-0.25, -0.2) is 4.72 Å². The minimum Gasteiger partial charge on any atom is -0.327 e. The van der Waals surface area contributed by atoms with Gasteiger partial charge in [-0.2, -0.15) is 12.7 Å². The van der Waals surface area contributed by atoms with Gasteiger partial charge in [-0.3, -0.25) is 0 Å². The zero-order valence-electron chi connectivity index (χ0n) is 9.44. The standard InChI is InChI=1S/C9H21N3O2S/c1-3-8-7-12(6-5-9(8)10)15(13,14)11-4-2/h8-9,11H,3-7,10H2,1-2H3. The van der Waals surface area contributed by atoms with Gasteiger partial charge in [-0.15, -0.1) is 0 Å². The molecule has 1 rings (SSSR count). The normalized spacial score (nSPS) is 29.3. The average molecular weight is 235 g/mol. The van der Waals surface area contributed by atoms with Crippen LogP contribution in [-0.2, 0) is 10.2 Å². The molecule has 15 heavy (non-hydrogen) atoms. The fraction of sp³-hybridized carbons (Fsp3) is 1.00. The lowest BCUT2D eigenvalue weighted by atomic mass is 9.92. The summed E-state index contributed by atoms with van der Waals surface area (Å²) in [6.07, 6.45) is 1.68. The minimum absolute atomic E-state index is 0.142. The molecule has 1 aliphatic rings. The predicted molar refractivity (Wildman–Crippen MR) is 60.5 cm³/mol. The summed E-state index contributed by atoms with van der Waals surface area (Å²) in [6, 6.07) is 0.142. The molecule has 0 aliphatic carbocycles. The van der Waals surface area contributed by atoms with Crippen LogP contribution in [0.4, 0.5) is 0 Å². The monoisotopic (exact) mass is 235 g/mol. The van der Waals surface area contributed by atoms with E-state index in [4.69, 9.17) is 5.73 Å². The highest BCUT2D eigenvalue weighted by Crippen LogP contribution is 2.20. The van der Waals surface area contributed by atoms with E-state index >= 15 is 0 Å². The van der Waals surface area contributed by atoms with Gasteiger partial charge in [0.15, 0.2) is 0 Å². The average Bonchev–Trinajstić information content (AvgIpc) is 2.18. The van der Waals surface area contributed by atoms with Crippen LogP contribution in [-0.4, -0.2) is 38.4 Å². The SMILES string of the molecule is CCNS(=O)(=O)N1CCC(N)C(CC)C1. The van der Waals surface area contributed by atoms with Crippen LogP contribution < -0.4 is 10.5 Å². The zero-order valence-corrected chi connectivity index (χ0v) is 10.3. The maximum Gasteiger partial charge on any atom is 0.279 e. The number of rotatable bonds is 4. The maximum absolute atomic E-state index is 11.7. The lowest BCUT2D eigenvalue weighted by molar-refractivity contribution is 0.229. The van der Waals surface area contributed by atoms with Crippen molar-refractivity contribution >= 4 is 10.2 Å². The van der Waals surface area contributed by atoms with E-state index in [2.05, 4.69) is 4.72 Å². The van der Waals surface area contributed by atoms with E-state index in [9.17, 15) is 8.42 Å². The zero-order chi connectivity index (χ0) is 11.5. The van der Waals surface area contributed by atoms with Crippen molar-refractivity contribution in [1.29, 1.82) is 0 Å². The second kappa shape index (κ2) is 5.25. The van der Waals surface area contributed by atoms with Crippen LogP contribution in [0.5, 0.6) is 0 Å². The molecule has 1 aliphatic heterocycles. The van der Waals surface area contributed by atoms with Crippen LogP contribution in [0.25, 0.3) is 0 Å². The van der Waals surface area contributed by atoms with Crippen molar-refractivity contribution in [2.75, 3.05) is 19.6 Å². The fourth-order valence-corrected chi connectivity index (χ4v) is 3.22. The summed E-state index contributed by atoms with van der Waals surface area (Å²) in [5.74, 6) is 0.284. The largest absolute Gasteiger partial charge is 0.327 e. The van der Waals surface area contributed by atoms with Gasteiger partial charge >= 0.3 is 0 Å². The van der Waals surface area contributed by atoms with Crippen molar-refractivity contribution in [1.82, 2.24) is 9.03 Å². The summed E-state index contributed by atoms with van der Waals surface area (Å²) in [5.41, 5.74) is 5.93. The minimum atomic E-state index is -3.27. The number of hydrogen-bond donors (Lipinski definition) is 2. The van der Waals surface area contributed by atoms with Gasteiger partial charge in [0.05, 0.1) is 0 Å². The highest BCUT2D eigenvalue weighted by molar-refractivity contribution is 7.87. The first-order chi connectivity index (χ1) is 7.01. The molecule has 0 spiro atoms. The topological polar surface area (TPSA) is 75.4 Å². The molecule has 1 fully saturated rings. The van der Waals surface area contributed by atoms with Crippen LogP contribution in [0.2, 0.25) is 0 Å².